The summed E-state index contributed by atoms with van der Waals surface area (Å²) < 4.78 is 0. The van der Waals surface area contributed by atoms with Crippen molar-refractivity contribution in [1.82, 2.24) is 0 Å². The van der Waals surface area contributed by atoms with Gasteiger partial charge < -0.3 is 10.2 Å². The van der Waals surface area contributed by atoms with Gasteiger partial charge in [0.05, 0.1) is 6.42 Å². The third-order valence-electron chi connectivity index (χ3n) is 4.49. The number of hydrogen-bond donors (Lipinski definition) is 2. The van der Waals surface area contributed by atoms with E-state index in [0.717, 1.165) is 31.2 Å². The van der Waals surface area contributed by atoms with Crippen molar-refractivity contribution in [2.75, 3.05) is 0 Å². The molecule has 0 radical (unpaired) electrons. The van der Waals surface area contributed by atoms with Crippen LogP contribution in [0.4, 0.5) is 0 Å². The van der Waals surface area contributed by atoms with Crippen LogP contribution < -0.4 is 0 Å². The first kappa shape index (κ1) is 15.5. The van der Waals surface area contributed by atoms with E-state index in [1.165, 1.54) is 6.42 Å². The number of Topliss-reactive ketones (excluding diaryl/α,β-unsaturated/α-hetero) is 1. The van der Waals surface area contributed by atoms with E-state index in [1.54, 1.807) is 18.2 Å². The summed E-state index contributed by atoms with van der Waals surface area (Å²) in [6.07, 6.45) is 5.33. The van der Waals surface area contributed by atoms with Crippen LogP contribution in [-0.4, -0.2) is 22.0 Å². The van der Waals surface area contributed by atoms with Gasteiger partial charge in [0.15, 0.2) is 5.78 Å². The number of ketones is 1. The van der Waals surface area contributed by atoms with Crippen molar-refractivity contribution in [1.29, 1.82) is 0 Å². The molecule has 1 aromatic rings. The average molecular weight is 290 g/mol. The van der Waals surface area contributed by atoms with Gasteiger partial charge in [0.2, 0.25) is 0 Å². The Bertz CT molecular complexity index is 542. The van der Waals surface area contributed by atoms with Crippen LogP contribution in [0.1, 0.15) is 67.8 Å². The summed E-state index contributed by atoms with van der Waals surface area (Å²) in [6.45, 7) is 2.13. The Hall–Kier alpha value is -1.84. The lowest BCUT2D eigenvalue weighted by molar-refractivity contribution is -0.136. The first-order chi connectivity index (χ1) is 9.92. The van der Waals surface area contributed by atoms with Gasteiger partial charge in [0.1, 0.15) is 5.75 Å². The Labute approximate surface area is 124 Å². The number of phenolic OH excluding ortho intramolecular Hbond substituents is 1. The minimum absolute atomic E-state index is 0.00371. The number of hydrogen-bond acceptors (Lipinski definition) is 3. The Balaban J connectivity index is 2.24. The van der Waals surface area contributed by atoms with E-state index in [4.69, 9.17) is 5.11 Å². The highest BCUT2D eigenvalue weighted by Gasteiger charge is 2.31. The van der Waals surface area contributed by atoms with Crippen LogP contribution in [0, 0.1) is 0 Å². The molecular weight excluding hydrogens is 268 g/mol. The van der Waals surface area contributed by atoms with Crippen LogP contribution in [0.15, 0.2) is 18.2 Å². The normalized spacial score (nSPS) is 17.4. The predicted molar refractivity (Wildman–Crippen MR) is 79.7 cm³/mol. The molecule has 0 atom stereocenters. The molecule has 114 valence electrons. The zero-order chi connectivity index (χ0) is 15.5. The highest BCUT2D eigenvalue weighted by Crippen LogP contribution is 2.42. The third kappa shape index (κ3) is 3.63. The van der Waals surface area contributed by atoms with Crippen LogP contribution in [0.25, 0.3) is 0 Å². The monoisotopic (exact) mass is 290 g/mol. The van der Waals surface area contributed by atoms with E-state index in [2.05, 4.69) is 6.92 Å². The number of phenols is 1. The molecule has 1 aliphatic rings. The van der Waals surface area contributed by atoms with Crippen LogP contribution >= 0.6 is 0 Å². The zero-order valence-electron chi connectivity index (χ0n) is 12.4. The smallest absolute Gasteiger partial charge is 0.303 e. The second-order valence-corrected chi connectivity index (χ2v) is 6.17. The van der Waals surface area contributed by atoms with Crippen molar-refractivity contribution < 1.29 is 19.8 Å². The SMILES string of the molecule is CC1(c2cc(C(=O)CCC(=O)O)ccc2O)CCCCC1. The van der Waals surface area contributed by atoms with Gasteiger partial charge in [-0.05, 0) is 36.5 Å². The first-order valence-electron chi connectivity index (χ1n) is 7.51. The van der Waals surface area contributed by atoms with Gasteiger partial charge in [-0.2, -0.15) is 0 Å². The minimum atomic E-state index is -0.971. The highest BCUT2D eigenvalue weighted by molar-refractivity contribution is 5.97. The molecule has 4 heteroatoms. The lowest BCUT2D eigenvalue weighted by Crippen LogP contribution is -2.25. The van der Waals surface area contributed by atoms with Gasteiger partial charge in [-0.1, -0.05) is 26.2 Å². The van der Waals surface area contributed by atoms with Crippen LogP contribution in [-0.2, 0) is 10.2 Å². The van der Waals surface area contributed by atoms with E-state index in [1.807, 2.05) is 0 Å². The molecule has 4 nitrogen and oxygen atoms in total. The number of carboxylic acids is 1. The molecule has 0 heterocycles. The predicted octanol–water partition coefficient (Wildman–Crippen LogP) is 3.66. The summed E-state index contributed by atoms with van der Waals surface area (Å²) >= 11 is 0. The summed E-state index contributed by atoms with van der Waals surface area (Å²) in [7, 11) is 0. The number of benzene rings is 1. The molecule has 0 spiro atoms. The largest absolute Gasteiger partial charge is 0.508 e. The van der Waals surface area contributed by atoms with Crippen molar-refractivity contribution in [2.45, 2.75) is 57.3 Å². The number of carboxylic acid groups (broad SMARTS) is 1. The summed E-state index contributed by atoms with van der Waals surface area (Å²) in [4.78, 5) is 22.6. The lowest BCUT2D eigenvalue weighted by atomic mass is 9.70. The molecule has 1 fully saturated rings. The maximum Gasteiger partial charge on any atom is 0.303 e. The van der Waals surface area contributed by atoms with E-state index in [-0.39, 0.29) is 29.8 Å². The molecule has 21 heavy (non-hydrogen) atoms. The first-order valence-corrected chi connectivity index (χ1v) is 7.51. The van der Waals surface area contributed by atoms with Crippen LogP contribution in [0.5, 0.6) is 5.75 Å². The van der Waals surface area contributed by atoms with E-state index >= 15 is 0 Å². The summed E-state index contributed by atoms with van der Waals surface area (Å²) in [5.74, 6) is -0.922. The molecule has 2 N–H and O–H groups in total. The molecule has 0 aromatic heterocycles. The summed E-state index contributed by atoms with van der Waals surface area (Å²) in [5, 5.41) is 18.8. The molecule has 1 aliphatic carbocycles. The molecular formula is C17H22O4. The second kappa shape index (κ2) is 6.29. The van der Waals surface area contributed by atoms with Gasteiger partial charge in [-0.25, -0.2) is 0 Å². The van der Waals surface area contributed by atoms with Crippen molar-refractivity contribution in [2.24, 2.45) is 0 Å². The van der Waals surface area contributed by atoms with Crippen LogP contribution in [0.3, 0.4) is 0 Å². The van der Waals surface area contributed by atoms with Gasteiger partial charge in [-0.15, -0.1) is 0 Å². The van der Waals surface area contributed by atoms with Crippen molar-refractivity contribution in [3.8, 4) is 5.75 Å². The molecule has 0 bridgehead atoms. The molecule has 0 amide bonds. The number of carbonyl (C=O) groups is 2. The van der Waals surface area contributed by atoms with Crippen molar-refractivity contribution >= 4 is 11.8 Å². The number of aromatic hydroxyl groups is 1. The number of aliphatic carboxylic acids is 1. The molecule has 0 unspecified atom stereocenters. The lowest BCUT2D eigenvalue weighted by Gasteiger charge is -2.34. The maximum absolute atomic E-state index is 12.1. The van der Waals surface area contributed by atoms with Crippen molar-refractivity contribution in [3.63, 3.8) is 0 Å². The zero-order valence-corrected chi connectivity index (χ0v) is 12.4. The fourth-order valence-electron chi connectivity index (χ4n) is 3.16. The Morgan fingerprint density at radius 1 is 1.14 bits per heavy atom. The topological polar surface area (TPSA) is 74.6 Å². The van der Waals surface area contributed by atoms with Gasteiger partial charge in [-0.3, -0.25) is 9.59 Å². The fourth-order valence-corrected chi connectivity index (χ4v) is 3.16. The molecule has 1 aromatic carbocycles. The Kier molecular flexibility index (Phi) is 4.66. The summed E-state index contributed by atoms with van der Waals surface area (Å²) in [6, 6.07) is 4.89. The number of rotatable bonds is 5. The average Bonchev–Trinajstić information content (AvgIpc) is 2.45. The molecule has 0 saturated heterocycles. The van der Waals surface area contributed by atoms with E-state index < -0.39 is 5.97 Å². The van der Waals surface area contributed by atoms with E-state index in [9.17, 15) is 14.7 Å². The minimum Gasteiger partial charge on any atom is -0.508 e. The van der Waals surface area contributed by atoms with Crippen LogP contribution in [0.2, 0.25) is 0 Å². The van der Waals surface area contributed by atoms with Gasteiger partial charge in [0.25, 0.3) is 0 Å². The number of carbonyl (C=O) groups excluding carboxylic acids is 1. The third-order valence-corrected chi connectivity index (χ3v) is 4.49. The van der Waals surface area contributed by atoms with Crippen molar-refractivity contribution in [3.05, 3.63) is 29.3 Å². The molecule has 1 saturated carbocycles. The molecule has 2 rings (SSSR count). The summed E-state index contributed by atoms with van der Waals surface area (Å²) in [5.41, 5.74) is 1.23. The Morgan fingerprint density at radius 2 is 1.81 bits per heavy atom. The van der Waals surface area contributed by atoms with Gasteiger partial charge in [0, 0.05) is 17.5 Å². The highest BCUT2D eigenvalue weighted by atomic mass is 16.4. The Morgan fingerprint density at radius 3 is 2.43 bits per heavy atom. The maximum atomic E-state index is 12.1. The second-order valence-electron chi connectivity index (χ2n) is 6.17. The molecule has 0 aliphatic heterocycles. The van der Waals surface area contributed by atoms with Gasteiger partial charge >= 0.3 is 5.97 Å². The van der Waals surface area contributed by atoms with E-state index in [0.29, 0.717) is 5.56 Å². The fraction of sp³-hybridized carbons (Fsp3) is 0.529. The standard InChI is InChI=1S/C17H22O4/c1-17(9-3-2-4-10-17)13-11-12(5-6-15(13)19)14(18)7-8-16(20)21/h5-6,11,19H,2-4,7-10H2,1H3,(H,20,21). The quantitative estimate of drug-likeness (QED) is 0.811.